The molecule has 0 heterocycles. The van der Waals surface area contributed by atoms with Crippen molar-refractivity contribution in [3.05, 3.63) is 67.5 Å². The van der Waals surface area contributed by atoms with Crippen molar-refractivity contribution in [3.8, 4) is 5.75 Å². The van der Waals surface area contributed by atoms with Crippen LogP contribution in [-0.2, 0) is 11.3 Å². The van der Waals surface area contributed by atoms with Gasteiger partial charge in [-0.2, -0.15) is 0 Å². The van der Waals surface area contributed by atoms with Crippen LogP contribution in [0.15, 0.2) is 18.2 Å². The molecule has 0 amide bonds. The molecule has 2 aromatic carbocycles. The second kappa shape index (κ2) is 6.98. The van der Waals surface area contributed by atoms with Crippen LogP contribution in [0.4, 0.5) is 18.9 Å². The first-order valence-corrected chi connectivity index (χ1v) is 6.98. The van der Waals surface area contributed by atoms with Crippen LogP contribution in [0, 0.1) is 34.5 Å². The summed E-state index contributed by atoms with van der Waals surface area (Å²) in [6.07, 6.45) is 0. The molecule has 0 atom stereocenters. The van der Waals surface area contributed by atoms with E-state index in [1.165, 1.54) is 0 Å². The maximum atomic E-state index is 13.7. The third-order valence-corrected chi connectivity index (χ3v) is 3.67. The highest BCUT2D eigenvalue weighted by Crippen LogP contribution is 2.34. The van der Waals surface area contributed by atoms with Gasteiger partial charge in [-0.1, -0.05) is 11.6 Å². The van der Waals surface area contributed by atoms with Crippen LogP contribution in [0.1, 0.15) is 21.5 Å². The molecular formula is C15H9ClF3NO5. The molecule has 6 nitrogen and oxygen atoms in total. The molecule has 0 saturated heterocycles. The van der Waals surface area contributed by atoms with Crippen molar-refractivity contribution < 1.29 is 32.7 Å². The average molecular weight is 376 g/mol. The first-order valence-electron chi connectivity index (χ1n) is 6.61. The number of aryl methyl sites for hydroxylation is 1. The van der Waals surface area contributed by atoms with Gasteiger partial charge in [-0.05, 0) is 24.6 Å². The molecule has 0 unspecified atom stereocenters. The fourth-order valence-corrected chi connectivity index (χ4v) is 2.23. The van der Waals surface area contributed by atoms with E-state index in [0.717, 1.165) is 19.1 Å². The van der Waals surface area contributed by atoms with Gasteiger partial charge in [-0.25, -0.2) is 18.0 Å². The second-order valence-electron chi connectivity index (χ2n) is 4.91. The predicted molar refractivity (Wildman–Crippen MR) is 79.9 cm³/mol. The number of aromatic hydroxyl groups is 1. The second-order valence-corrected chi connectivity index (χ2v) is 5.29. The minimum atomic E-state index is -1.54. The van der Waals surface area contributed by atoms with Gasteiger partial charge in [-0.3, -0.25) is 10.1 Å². The van der Waals surface area contributed by atoms with Crippen LogP contribution in [-0.4, -0.2) is 16.0 Å². The van der Waals surface area contributed by atoms with Crippen molar-refractivity contribution in [1.82, 2.24) is 0 Å². The average Bonchev–Trinajstić information content (AvgIpc) is 2.54. The zero-order chi connectivity index (χ0) is 18.9. The molecule has 0 radical (unpaired) electrons. The highest BCUT2D eigenvalue weighted by Gasteiger charge is 2.28. The molecular weight excluding hydrogens is 367 g/mol. The van der Waals surface area contributed by atoms with E-state index in [9.17, 15) is 33.2 Å². The van der Waals surface area contributed by atoms with Gasteiger partial charge in [0, 0.05) is 6.07 Å². The maximum absolute atomic E-state index is 13.7. The molecule has 0 aliphatic carbocycles. The van der Waals surface area contributed by atoms with Crippen LogP contribution in [0.3, 0.4) is 0 Å². The van der Waals surface area contributed by atoms with E-state index in [1.807, 2.05) is 0 Å². The Kier molecular flexibility index (Phi) is 5.17. The van der Waals surface area contributed by atoms with E-state index in [0.29, 0.717) is 6.07 Å². The number of ether oxygens (including phenoxy) is 1. The van der Waals surface area contributed by atoms with Gasteiger partial charge in [0.1, 0.15) is 23.2 Å². The largest absolute Gasteiger partial charge is 0.506 e. The number of phenolic OH excluding ortho intramolecular Hbond substituents is 1. The minimum absolute atomic E-state index is 0.281. The number of carbonyl (C=O) groups is 1. The topological polar surface area (TPSA) is 89.7 Å². The summed E-state index contributed by atoms with van der Waals surface area (Å²) in [6.45, 7) is 0.115. The summed E-state index contributed by atoms with van der Waals surface area (Å²) in [5.74, 6) is -6.04. The van der Waals surface area contributed by atoms with Gasteiger partial charge in [0.05, 0.1) is 10.5 Å². The van der Waals surface area contributed by atoms with Gasteiger partial charge in [-0.15, -0.1) is 0 Å². The van der Waals surface area contributed by atoms with E-state index in [1.54, 1.807) is 0 Å². The van der Waals surface area contributed by atoms with Crippen molar-refractivity contribution in [2.24, 2.45) is 0 Å². The fourth-order valence-electron chi connectivity index (χ4n) is 1.99. The third kappa shape index (κ3) is 3.50. The van der Waals surface area contributed by atoms with Crippen molar-refractivity contribution in [2.45, 2.75) is 13.5 Å². The number of nitrogens with zero attached hydrogens (tertiary/aromatic N) is 1. The normalized spacial score (nSPS) is 10.6. The summed E-state index contributed by atoms with van der Waals surface area (Å²) in [6, 6.07) is 2.42. The Morgan fingerprint density at radius 2 is 1.96 bits per heavy atom. The number of esters is 1. The van der Waals surface area contributed by atoms with Gasteiger partial charge in [0.15, 0.2) is 17.2 Å². The van der Waals surface area contributed by atoms with Crippen LogP contribution in [0.2, 0.25) is 5.02 Å². The summed E-state index contributed by atoms with van der Waals surface area (Å²) in [5, 5.41) is 19.7. The minimum Gasteiger partial charge on any atom is -0.506 e. The number of rotatable bonds is 4. The number of hydrogen-bond acceptors (Lipinski definition) is 5. The predicted octanol–water partition coefficient (Wildman–Crippen LogP) is 4.04. The molecule has 132 valence electrons. The lowest BCUT2D eigenvalue weighted by atomic mass is 10.1. The molecule has 0 aliphatic rings. The lowest BCUT2D eigenvalue weighted by Gasteiger charge is -2.10. The molecule has 2 rings (SSSR count). The Hall–Kier alpha value is -2.81. The zero-order valence-electron chi connectivity index (χ0n) is 12.5. The van der Waals surface area contributed by atoms with Crippen molar-refractivity contribution in [1.29, 1.82) is 0 Å². The number of carbonyl (C=O) groups excluding carboxylic acids is 1. The highest BCUT2D eigenvalue weighted by molar-refractivity contribution is 6.35. The Bertz CT molecular complexity index is 888. The fraction of sp³-hybridized carbons (Fsp3) is 0.133. The molecule has 0 aliphatic heterocycles. The highest BCUT2D eigenvalue weighted by atomic mass is 35.5. The van der Waals surface area contributed by atoms with Crippen molar-refractivity contribution >= 4 is 23.3 Å². The Morgan fingerprint density at radius 3 is 2.56 bits per heavy atom. The first-order chi connectivity index (χ1) is 11.6. The maximum Gasteiger partial charge on any atom is 0.347 e. The summed E-state index contributed by atoms with van der Waals surface area (Å²) in [7, 11) is 0. The van der Waals surface area contributed by atoms with E-state index >= 15 is 0 Å². The molecule has 1 N–H and O–H groups in total. The lowest BCUT2D eigenvalue weighted by Crippen LogP contribution is -2.11. The number of phenols is 1. The van der Waals surface area contributed by atoms with Crippen molar-refractivity contribution in [2.75, 3.05) is 0 Å². The number of halogens is 4. The molecule has 0 saturated carbocycles. The molecule has 0 bridgehead atoms. The third-order valence-electron chi connectivity index (χ3n) is 3.28. The van der Waals surface area contributed by atoms with E-state index in [2.05, 4.69) is 4.74 Å². The molecule has 0 spiro atoms. The van der Waals surface area contributed by atoms with Gasteiger partial charge >= 0.3 is 5.97 Å². The van der Waals surface area contributed by atoms with Crippen LogP contribution < -0.4 is 0 Å². The smallest absolute Gasteiger partial charge is 0.347 e. The van der Waals surface area contributed by atoms with Crippen LogP contribution in [0.5, 0.6) is 5.75 Å². The number of nitro benzene ring substituents is 1. The quantitative estimate of drug-likeness (QED) is 0.377. The molecule has 0 fully saturated rings. The Balaban J connectivity index is 2.36. The Morgan fingerprint density at radius 1 is 1.32 bits per heavy atom. The first kappa shape index (κ1) is 18.5. The van der Waals surface area contributed by atoms with Gasteiger partial charge < -0.3 is 9.84 Å². The summed E-state index contributed by atoms with van der Waals surface area (Å²) < 4.78 is 45.6. The number of hydrogen-bond donors (Lipinski definition) is 1. The molecule has 2 aromatic rings. The zero-order valence-corrected chi connectivity index (χ0v) is 13.2. The molecule has 10 heteroatoms. The number of benzene rings is 2. The Labute approximate surface area is 143 Å². The standard InChI is InChI=1S/C15H9ClF3NO5/c1-6-4-8(17)7(14(19)13(6)18)5-25-15(22)11-9(20(23)24)2-3-10(21)12(11)16/h2-4,21H,5H2,1H3. The van der Waals surface area contributed by atoms with E-state index in [-0.39, 0.29) is 5.56 Å². The van der Waals surface area contributed by atoms with E-state index in [4.69, 9.17) is 11.6 Å². The molecule has 0 aromatic heterocycles. The van der Waals surface area contributed by atoms with Gasteiger partial charge in [0.25, 0.3) is 5.69 Å². The van der Waals surface area contributed by atoms with E-state index < -0.39 is 62.5 Å². The monoisotopic (exact) mass is 375 g/mol. The molecule has 25 heavy (non-hydrogen) atoms. The SMILES string of the molecule is Cc1cc(F)c(COC(=O)c2c([N+](=O)[O-])ccc(O)c2Cl)c(F)c1F. The summed E-state index contributed by atoms with van der Waals surface area (Å²) >= 11 is 5.66. The number of nitro groups is 1. The van der Waals surface area contributed by atoms with Crippen LogP contribution in [0.25, 0.3) is 0 Å². The summed E-state index contributed by atoms with van der Waals surface area (Å²) in [4.78, 5) is 22.0. The summed E-state index contributed by atoms with van der Waals surface area (Å²) in [5.41, 5.74) is -2.71. The van der Waals surface area contributed by atoms with Crippen molar-refractivity contribution in [3.63, 3.8) is 0 Å². The van der Waals surface area contributed by atoms with Gasteiger partial charge in [0.2, 0.25) is 0 Å². The lowest BCUT2D eigenvalue weighted by molar-refractivity contribution is -0.385. The van der Waals surface area contributed by atoms with Crippen LogP contribution >= 0.6 is 11.6 Å².